The Kier molecular flexibility index (Phi) is 5.03. The van der Waals surface area contributed by atoms with Crippen LogP contribution in [-0.2, 0) is 21.0 Å². The fourth-order valence-corrected chi connectivity index (χ4v) is 0.704. The third-order valence-electron chi connectivity index (χ3n) is 1.25. The molecule has 0 aromatic rings. The number of hydrogen-bond acceptors (Lipinski definition) is 6. The molecular weight excluding hydrogens is 191 g/mol. The van der Waals surface area contributed by atoms with Gasteiger partial charge >= 0.3 is 21.0 Å². The number of rotatable bonds is 0. The Morgan fingerprint density at radius 3 is 2.36 bits per heavy atom. The number of piperazine rings is 1. The second kappa shape index (κ2) is 4.94. The van der Waals surface area contributed by atoms with Crippen LogP contribution in [-0.4, -0.2) is 40.8 Å². The summed E-state index contributed by atoms with van der Waals surface area (Å²) in [6.07, 6.45) is 0. The SMILES string of the molecule is [O-]N1CCNCC1(O)O.[O]=[V]. The number of aliphatic hydroxyl groups is 2. The van der Waals surface area contributed by atoms with Gasteiger partial charge in [0.15, 0.2) is 0 Å². The summed E-state index contributed by atoms with van der Waals surface area (Å²) in [6, 6.07) is 0. The van der Waals surface area contributed by atoms with Crippen LogP contribution in [0.3, 0.4) is 0 Å². The van der Waals surface area contributed by atoms with E-state index in [-0.39, 0.29) is 18.2 Å². The summed E-state index contributed by atoms with van der Waals surface area (Å²) in [5.41, 5.74) is 0. The number of hydroxylamine groups is 2. The normalized spacial score (nSPS) is 23.5. The van der Waals surface area contributed by atoms with Crippen LogP contribution >= 0.6 is 0 Å². The first-order valence-corrected chi connectivity index (χ1v) is 3.48. The molecule has 0 spiro atoms. The van der Waals surface area contributed by atoms with E-state index in [0.717, 1.165) is 17.4 Å². The predicted octanol–water partition coefficient (Wildman–Crippen LogP) is -2.09. The minimum absolute atomic E-state index is 0.0868. The topological polar surface area (TPSA) is 95.9 Å². The van der Waals surface area contributed by atoms with E-state index in [1.807, 2.05) is 0 Å². The molecule has 1 saturated heterocycles. The Bertz CT molecular complexity index is 123. The van der Waals surface area contributed by atoms with Crippen molar-refractivity contribution in [3.8, 4) is 0 Å². The van der Waals surface area contributed by atoms with E-state index in [4.69, 9.17) is 13.9 Å². The van der Waals surface area contributed by atoms with E-state index < -0.39 is 5.91 Å². The average molecular weight is 200 g/mol. The Labute approximate surface area is 73.0 Å². The molecule has 0 aromatic heterocycles. The predicted molar refractivity (Wildman–Crippen MR) is 30.8 cm³/mol. The monoisotopic (exact) mass is 200 g/mol. The van der Waals surface area contributed by atoms with Crippen LogP contribution in [0.2, 0.25) is 0 Å². The summed E-state index contributed by atoms with van der Waals surface area (Å²) < 4.78 is 8.19. The first kappa shape index (κ1) is 11.2. The molecule has 1 fully saturated rings. The fraction of sp³-hybridized carbons (Fsp3) is 1.00. The summed E-state index contributed by atoms with van der Waals surface area (Å²) in [5.74, 6) is -2.20. The third kappa shape index (κ3) is 3.39. The third-order valence-corrected chi connectivity index (χ3v) is 1.25. The van der Waals surface area contributed by atoms with E-state index >= 15 is 0 Å². The van der Waals surface area contributed by atoms with Gasteiger partial charge in [-0.3, -0.25) is 0 Å². The molecule has 0 atom stereocenters. The Morgan fingerprint density at radius 1 is 1.55 bits per heavy atom. The molecule has 7 heteroatoms. The van der Waals surface area contributed by atoms with Crippen molar-refractivity contribution < 1.29 is 31.3 Å². The van der Waals surface area contributed by atoms with Gasteiger partial charge in [0.2, 0.25) is 5.91 Å². The molecule has 65 valence electrons. The van der Waals surface area contributed by atoms with Gasteiger partial charge < -0.3 is 25.8 Å². The van der Waals surface area contributed by atoms with Gasteiger partial charge in [-0.05, 0) is 0 Å². The quantitative estimate of drug-likeness (QED) is 0.388. The first-order valence-electron chi connectivity index (χ1n) is 2.91. The van der Waals surface area contributed by atoms with Crippen molar-refractivity contribution in [1.29, 1.82) is 0 Å². The molecule has 0 aliphatic carbocycles. The van der Waals surface area contributed by atoms with Crippen molar-refractivity contribution in [2.75, 3.05) is 19.6 Å². The van der Waals surface area contributed by atoms with E-state index in [1.165, 1.54) is 0 Å². The summed E-state index contributed by atoms with van der Waals surface area (Å²) in [7, 11) is 0. The molecule has 0 saturated carbocycles. The van der Waals surface area contributed by atoms with Crippen LogP contribution < -0.4 is 5.32 Å². The number of nitrogens with one attached hydrogen (secondary N) is 1. The molecule has 3 N–H and O–H groups in total. The van der Waals surface area contributed by atoms with Gasteiger partial charge in [-0.2, -0.15) is 0 Å². The second-order valence-electron chi connectivity index (χ2n) is 2.05. The van der Waals surface area contributed by atoms with Crippen LogP contribution in [0.5, 0.6) is 0 Å². The van der Waals surface area contributed by atoms with Crippen molar-refractivity contribution in [3.63, 3.8) is 0 Å². The van der Waals surface area contributed by atoms with Crippen molar-refractivity contribution in [3.05, 3.63) is 5.21 Å². The maximum atomic E-state index is 10.5. The molecule has 1 aliphatic rings. The molecule has 1 heterocycles. The molecular formula is C4H9N2O4V-. The van der Waals surface area contributed by atoms with Crippen molar-refractivity contribution >= 4 is 0 Å². The molecule has 0 bridgehead atoms. The summed E-state index contributed by atoms with van der Waals surface area (Å²) in [6.45, 7) is 0.538. The van der Waals surface area contributed by atoms with Crippen molar-refractivity contribution in [2.45, 2.75) is 5.91 Å². The first-order chi connectivity index (χ1) is 5.13. The average Bonchev–Trinajstić information content (AvgIpc) is 2.00. The van der Waals surface area contributed by atoms with Gasteiger partial charge in [0.1, 0.15) is 0 Å². The van der Waals surface area contributed by atoms with E-state index in [0.29, 0.717) is 6.54 Å². The van der Waals surface area contributed by atoms with Gasteiger partial charge in [0.25, 0.3) is 0 Å². The number of nitrogens with zero attached hydrogens (tertiary/aromatic N) is 1. The fourth-order valence-electron chi connectivity index (χ4n) is 0.704. The maximum absolute atomic E-state index is 10.5. The summed E-state index contributed by atoms with van der Waals surface area (Å²) >= 11 is 1.06. The molecule has 1 aliphatic heterocycles. The Hall–Kier alpha value is 0.184. The molecule has 0 unspecified atom stereocenters. The van der Waals surface area contributed by atoms with Gasteiger partial charge in [0, 0.05) is 13.1 Å². The molecule has 11 heavy (non-hydrogen) atoms. The molecule has 1 rings (SSSR count). The number of β-amino-alcohol motifs (C(OH)–C–C–N with tert-alkyl or cyclic N) is 2. The zero-order valence-electron chi connectivity index (χ0n) is 5.73. The van der Waals surface area contributed by atoms with E-state index in [1.54, 1.807) is 0 Å². The Morgan fingerprint density at radius 2 is 2.09 bits per heavy atom. The van der Waals surface area contributed by atoms with Crippen molar-refractivity contribution in [2.24, 2.45) is 0 Å². The molecule has 6 nitrogen and oxygen atoms in total. The van der Waals surface area contributed by atoms with Crippen LogP contribution in [0.15, 0.2) is 0 Å². The zero-order chi connectivity index (χ0) is 8.91. The standard InChI is InChI=1S/C4H9N2O3.O.V/c7-4(8)3-5-1-2-6(4)9;;/h5,7-8H,1-3H2;;/q-1;;. The summed E-state index contributed by atoms with van der Waals surface area (Å²) in [4.78, 5) is 0. The van der Waals surface area contributed by atoms with E-state index in [2.05, 4.69) is 5.32 Å². The van der Waals surface area contributed by atoms with Gasteiger partial charge in [-0.15, -0.1) is 0 Å². The van der Waals surface area contributed by atoms with Crippen LogP contribution in [0.4, 0.5) is 0 Å². The number of hydrogen-bond donors (Lipinski definition) is 3. The molecule has 0 aromatic carbocycles. The van der Waals surface area contributed by atoms with Crippen molar-refractivity contribution in [1.82, 2.24) is 10.4 Å². The van der Waals surface area contributed by atoms with Gasteiger partial charge in [0.05, 0.1) is 6.54 Å². The van der Waals surface area contributed by atoms with Crippen LogP contribution in [0.25, 0.3) is 0 Å². The Balaban J connectivity index is 0.000000461. The summed E-state index contributed by atoms with van der Waals surface area (Å²) in [5, 5.41) is 30.9. The van der Waals surface area contributed by atoms with Gasteiger partial charge in [-0.25, -0.2) is 0 Å². The van der Waals surface area contributed by atoms with Crippen LogP contribution in [0.1, 0.15) is 0 Å². The molecule has 0 amide bonds. The van der Waals surface area contributed by atoms with E-state index in [9.17, 15) is 5.21 Å². The van der Waals surface area contributed by atoms with Crippen LogP contribution in [0, 0.1) is 5.21 Å². The van der Waals surface area contributed by atoms with Gasteiger partial charge in [-0.1, -0.05) is 0 Å². The second-order valence-corrected chi connectivity index (χ2v) is 2.05. The zero-order valence-corrected chi connectivity index (χ0v) is 7.12. The minimum atomic E-state index is -2.20. The molecule has 0 radical (unpaired) electrons.